The number of nitrogens with one attached hydrogen (secondary N) is 2. The molecule has 0 radical (unpaired) electrons. The molecule has 2 heterocycles. The Morgan fingerprint density at radius 2 is 2.35 bits per heavy atom. The first-order valence-electron chi connectivity index (χ1n) is 5.40. The van der Waals surface area contributed by atoms with Gasteiger partial charge in [0.05, 0.1) is 6.04 Å². The number of hydrogen-bond acceptors (Lipinski definition) is 4. The third-order valence-electron chi connectivity index (χ3n) is 2.73. The predicted molar refractivity (Wildman–Crippen MR) is 69.7 cm³/mol. The summed E-state index contributed by atoms with van der Waals surface area (Å²) in [5.41, 5.74) is 0. The van der Waals surface area contributed by atoms with E-state index in [0.717, 1.165) is 9.35 Å². The predicted octanol–water partition coefficient (Wildman–Crippen LogP) is 1.97. The maximum absolute atomic E-state index is 11.6. The lowest BCUT2D eigenvalue weighted by Gasteiger charge is -2.25. The van der Waals surface area contributed by atoms with Crippen molar-refractivity contribution in [3.63, 3.8) is 0 Å². The summed E-state index contributed by atoms with van der Waals surface area (Å²) in [4.78, 5) is 23.8. The fraction of sp³-hybridized carbons (Fsp3) is 0.455. The van der Waals surface area contributed by atoms with Crippen molar-refractivity contribution in [1.29, 1.82) is 0 Å². The molecule has 0 saturated carbocycles. The van der Waals surface area contributed by atoms with Crippen molar-refractivity contribution in [1.82, 2.24) is 10.6 Å². The molecule has 0 aliphatic carbocycles. The Morgan fingerprint density at radius 1 is 1.59 bits per heavy atom. The lowest BCUT2D eigenvalue weighted by molar-refractivity contribution is -0.134. The van der Waals surface area contributed by atoms with Gasteiger partial charge in [-0.3, -0.25) is 20.2 Å². The molecule has 1 saturated heterocycles. The van der Waals surface area contributed by atoms with Gasteiger partial charge in [0.2, 0.25) is 11.8 Å². The molecule has 1 aliphatic heterocycles. The molecule has 4 nitrogen and oxygen atoms in total. The molecule has 0 spiro atoms. The van der Waals surface area contributed by atoms with Gasteiger partial charge in [-0.1, -0.05) is 0 Å². The van der Waals surface area contributed by atoms with E-state index in [4.69, 9.17) is 0 Å². The molecule has 92 valence electrons. The summed E-state index contributed by atoms with van der Waals surface area (Å²) in [6.07, 6.45) is 0.972. The average Bonchev–Trinajstić information content (AvgIpc) is 2.68. The lowest BCUT2D eigenvalue weighted by atomic mass is 10.1. The van der Waals surface area contributed by atoms with E-state index in [1.165, 1.54) is 0 Å². The Bertz CT molecular complexity index is 446. The summed E-state index contributed by atoms with van der Waals surface area (Å²) in [6.45, 7) is 2.01. The van der Waals surface area contributed by atoms with Crippen LogP contribution in [-0.2, 0) is 9.59 Å². The van der Waals surface area contributed by atoms with E-state index in [1.54, 1.807) is 11.3 Å². The summed E-state index contributed by atoms with van der Waals surface area (Å²) in [5, 5.41) is 7.60. The molecule has 2 unspecified atom stereocenters. The van der Waals surface area contributed by atoms with Crippen molar-refractivity contribution < 1.29 is 9.59 Å². The van der Waals surface area contributed by atoms with Gasteiger partial charge in [-0.2, -0.15) is 0 Å². The minimum atomic E-state index is -0.281. The Hall–Kier alpha value is -0.720. The van der Waals surface area contributed by atoms with Gasteiger partial charge in [0.1, 0.15) is 0 Å². The van der Waals surface area contributed by atoms with Crippen molar-refractivity contribution >= 4 is 39.1 Å². The van der Waals surface area contributed by atoms with Crippen molar-refractivity contribution in [3.8, 4) is 0 Å². The van der Waals surface area contributed by atoms with Crippen molar-refractivity contribution in [2.24, 2.45) is 0 Å². The normalized spacial score (nSPS) is 22.4. The second-order valence-electron chi connectivity index (χ2n) is 4.02. The van der Waals surface area contributed by atoms with E-state index in [2.05, 4.69) is 26.6 Å². The van der Waals surface area contributed by atoms with Gasteiger partial charge in [0, 0.05) is 21.8 Å². The SMILES string of the molecule is CC(NC1CCC(=O)NC1=O)c1sccc1Br. The molecule has 2 N–H and O–H groups in total. The van der Waals surface area contributed by atoms with E-state index in [9.17, 15) is 9.59 Å². The minimum absolute atomic E-state index is 0.0910. The molecule has 17 heavy (non-hydrogen) atoms. The van der Waals surface area contributed by atoms with E-state index in [0.29, 0.717) is 12.8 Å². The molecule has 0 bridgehead atoms. The number of hydrogen-bond donors (Lipinski definition) is 2. The molecule has 2 rings (SSSR count). The van der Waals surface area contributed by atoms with Crippen LogP contribution in [0.3, 0.4) is 0 Å². The fourth-order valence-electron chi connectivity index (χ4n) is 1.84. The number of amides is 2. The van der Waals surface area contributed by atoms with Crippen LogP contribution in [0.15, 0.2) is 15.9 Å². The third kappa shape index (κ3) is 2.94. The average molecular weight is 317 g/mol. The number of imide groups is 1. The second kappa shape index (κ2) is 5.29. The Labute approximate surface area is 112 Å². The maximum Gasteiger partial charge on any atom is 0.243 e. The van der Waals surface area contributed by atoms with Gasteiger partial charge >= 0.3 is 0 Å². The first-order valence-corrected chi connectivity index (χ1v) is 7.08. The summed E-state index contributed by atoms with van der Waals surface area (Å²) >= 11 is 5.11. The van der Waals surface area contributed by atoms with Crippen LogP contribution in [0.1, 0.15) is 30.7 Å². The van der Waals surface area contributed by atoms with E-state index >= 15 is 0 Å². The van der Waals surface area contributed by atoms with Crippen molar-refractivity contribution in [2.45, 2.75) is 31.8 Å². The van der Waals surface area contributed by atoms with Crippen LogP contribution in [0.4, 0.5) is 0 Å². The largest absolute Gasteiger partial charge is 0.298 e. The van der Waals surface area contributed by atoms with Crippen LogP contribution in [0, 0.1) is 0 Å². The first kappa shape index (κ1) is 12.7. The molecule has 6 heteroatoms. The molecule has 2 atom stereocenters. The molecule has 1 aromatic rings. The Morgan fingerprint density at radius 3 is 2.94 bits per heavy atom. The summed E-state index contributed by atoms with van der Waals surface area (Å²) in [6, 6.07) is 1.80. The third-order valence-corrected chi connectivity index (χ3v) is 4.78. The highest BCUT2D eigenvalue weighted by Gasteiger charge is 2.28. The summed E-state index contributed by atoms with van der Waals surface area (Å²) in [5.74, 6) is -0.404. The molecule has 1 fully saturated rings. The number of halogens is 1. The zero-order valence-electron chi connectivity index (χ0n) is 9.33. The monoisotopic (exact) mass is 316 g/mol. The van der Waals surface area contributed by atoms with Gasteiger partial charge in [0.25, 0.3) is 0 Å². The van der Waals surface area contributed by atoms with E-state index in [-0.39, 0.29) is 23.9 Å². The highest BCUT2D eigenvalue weighted by molar-refractivity contribution is 9.10. The lowest BCUT2D eigenvalue weighted by Crippen LogP contribution is -2.51. The number of piperidine rings is 1. The zero-order valence-corrected chi connectivity index (χ0v) is 11.7. The van der Waals surface area contributed by atoms with Gasteiger partial charge in [-0.15, -0.1) is 11.3 Å². The van der Waals surface area contributed by atoms with Crippen LogP contribution in [0.5, 0.6) is 0 Å². The van der Waals surface area contributed by atoms with E-state index < -0.39 is 0 Å². The standard InChI is InChI=1S/C11H13BrN2O2S/c1-6(10-7(12)4-5-17-10)13-8-2-3-9(15)14-11(8)16/h4-6,8,13H,2-3H2,1H3,(H,14,15,16). The van der Waals surface area contributed by atoms with Gasteiger partial charge in [0.15, 0.2) is 0 Å². The molecule has 2 amide bonds. The van der Waals surface area contributed by atoms with Crippen molar-refractivity contribution in [3.05, 3.63) is 20.8 Å². The Balaban J connectivity index is 1.99. The zero-order chi connectivity index (χ0) is 12.4. The first-order chi connectivity index (χ1) is 8.08. The number of rotatable bonds is 3. The second-order valence-corrected chi connectivity index (χ2v) is 5.83. The van der Waals surface area contributed by atoms with Crippen LogP contribution < -0.4 is 10.6 Å². The summed E-state index contributed by atoms with van der Waals surface area (Å²) < 4.78 is 1.05. The molecular formula is C11H13BrN2O2S. The molecule has 1 aliphatic rings. The smallest absolute Gasteiger partial charge is 0.243 e. The van der Waals surface area contributed by atoms with E-state index in [1.807, 2.05) is 18.4 Å². The van der Waals surface area contributed by atoms with Crippen LogP contribution in [0.2, 0.25) is 0 Å². The minimum Gasteiger partial charge on any atom is -0.298 e. The van der Waals surface area contributed by atoms with Gasteiger partial charge in [-0.05, 0) is 40.7 Å². The summed E-state index contributed by atoms with van der Waals surface area (Å²) in [7, 11) is 0. The molecule has 1 aromatic heterocycles. The van der Waals surface area contributed by atoms with Crippen molar-refractivity contribution in [2.75, 3.05) is 0 Å². The molecule has 0 aromatic carbocycles. The quantitative estimate of drug-likeness (QED) is 0.838. The number of thiophene rings is 1. The van der Waals surface area contributed by atoms with Gasteiger partial charge in [-0.25, -0.2) is 0 Å². The van der Waals surface area contributed by atoms with Crippen LogP contribution in [0.25, 0.3) is 0 Å². The fourth-order valence-corrected chi connectivity index (χ4v) is 3.58. The van der Waals surface area contributed by atoms with Gasteiger partial charge < -0.3 is 0 Å². The molecular weight excluding hydrogens is 304 g/mol. The number of carbonyl (C=O) groups is 2. The highest BCUT2D eigenvalue weighted by atomic mass is 79.9. The topological polar surface area (TPSA) is 58.2 Å². The van der Waals surface area contributed by atoms with Crippen LogP contribution in [-0.4, -0.2) is 17.9 Å². The Kier molecular flexibility index (Phi) is 3.96. The highest BCUT2D eigenvalue weighted by Crippen LogP contribution is 2.29. The van der Waals surface area contributed by atoms with Crippen LogP contribution >= 0.6 is 27.3 Å². The maximum atomic E-state index is 11.6. The number of carbonyl (C=O) groups excluding carboxylic acids is 2.